The number of aromatic nitrogens is 1. The van der Waals surface area contributed by atoms with Crippen molar-refractivity contribution in [2.24, 2.45) is 5.92 Å². The molecule has 1 aromatic heterocycles. The number of pyridine rings is 1. The molecule has 0 bridgehead atoms. The highest BCUT2D eigenvalue weighted by Gasteiger charge is 2.31. The average molecular weight is 350 g/mol. The zero-order valence-corrected chi connectivity index (χ0v) is 15.1. The lowest BCUT2D eigenvalue weighted by molar-refractivity contribution is -0.138. The quantitative estimate of drug-likeness (QED) is 0.826. The third-order valence-corrected chi connectivity index (χ3v) is 5.38. The van der Waals surface area contributed by atoms with Crippen molar-refractivity contribution in [3.8, 4) is 0 Å². The standard InChI is InChI=1S/C21H26N4O/c26-21(25-15-19(16-25)14-18-6-2-1-3-7-18)17-23-10-12-24(13-11-23)20-8-4-5-9-22-20/h1-9,19H,10-17H2. The largest absolute Gasteiger partial charge is 0.354 e. The van der Waals surface area contributed by atoms with Gasteiger partial charge in [0.2, 0.25) is 5.91 Å². The second-order valence-corrected chi connectivity index (χ2v) is 7.31. The van der Waals surface area contributed by atoms with E-state index < -0.39 is 0 Å². The molecule has 5 heteroatoms. The fraction of sp³-hybridized carbons (Fsp3) is 0.429. The number of carbonyl (C=O) groups is 1. The number of likely N-dealkylation sites (tertiary alicyclic amines) is 1. The van der Waals surface area contributed by atoms with E-state index in [2.05, 4.69) is 39.0 Å². The third-order valence-electron chi connectivity index (χ3n) is 5.38. The third kappa shape index (κ3) is 4.05. The Morgan fingerprint density at radius 3 is 2.38 bits per heavy atom. The number of amides is 1. The summed E-state index contributed by atoms with van der Waals surface area (Å²) in [6.45, 7) is 6.06. The molecular weight excluding hydrogens is 324 g/mol. The van der Waals surface area contributed by atoms with E-state index in [-0.39, 0.29) is 5.91 Å². The number of hydrogen-bond donors (Lipinski definition) is 0. The van der Waals surface area contributed by atoms with E-state index in [0.717, 1.165) is 51.5 Å². The lowest BCUT2D eigenvalue weighted by atomic mass is 9.92. The van der Waals surface area contributed by atoms with Crippen LogP contribution in [0.15, 0.2) is 54.7 Å². The maximum atomic E-state index is 12.5. The van der Waals surface area contributed by atoms with Crippen LogP contribution in [0.2, 0.25) is 0 Å². The Labute approximate surface area is 155 Å². The molecule has 5 nitrogen and oxygen atoms in total. The van der Waals surface area contributed by atoms with Crippen LogP contribution in [0.3, 0.4) is 0 Å². The van der Waals surface area contributed by atoms with Gasteiger partial charge in [-0.25, -0.2) is 4.98 Å². The zero-order chi connectivity index (χ0) is 17.8. The lowest BCUT2D eigenvalue weighted by Gasteiger charge is -2.41. The van der Waals surface area contributed by atoms with Crippen LogP contribution in [0, 0.1) is 5.92 Å². The van der Waals surface area contributed by atoms with E-state index in [9.17, 15) is 4.79 Å². The Morgan fingerprint density at radius 1 is 0.962 bits per heavy atom. The highest BCUT2D eigenvalue weighted by molar-refractivity contribution is 5.79. The van der Waals surface area contributed by atoms with Gasteiger partial charge in [0.1, 0.15) is 5.82 Å². The molecule has 0 unspecified atom stereocenters. The van der Waals surface area contributed by atoms with Crippen LogP contribution in [-0.2, 0) is 11.2 Å². The summed E-state index contributed by atoms with van der Waals surface area (Å²) >= 11 is 0. The van der Waals surface area contributed by atoms with Gasteiger partial charge in [-0.15, -0.1) is 0 Å². The van der Waals surface area contributed by atoms with Crippen LogP contribution in [-0.4, -0.2) is 66.5 Å². The molecule has 1 amide bonds. The van der Waals surface area contributed by atoms with E-state index in [1.165, 1.54) is 5.56 Å². The first-order valence-electron chi connectivity index (χ1n) is 9.48. The monoisotopic (exact) mass is 350 g/mol. The fourth-order valence-corrected chi connectivity index (χ4v) is 3.82. The van der Waals surface area contributed by atoms with Crippen molar-refractivity contribution in [2.75, 3.05) is 50.7 Å². The van der Waals surface area contributed by atoms with Crippen molar-refractivity contribution >= 4 is 11.7 Å². The molecule has 2 aliphatic heterocycles. The first-order valence-corrected chi connectivity index (χ1v) is 9.48. The summed E-state index contributed by atoms with van der Waals surface area (Å²) < 4.78 is 0. The van der Waals surface area contributed by atoms with Crippen molar-refractivity contribution in [1.82, 2.24) is 14.8 Å². The highest BCUT2D eigenvalue weighted by Crippen LogP contribution is 2.21. The first kappa shape index (κ1) is 17.0. The van der Waals surface area contributed by atoms with E-state index in [0.29, 0.717) is 12.5 Å². The van der Waals surface area contributed by atoms with Crippen molar-refractivity contribution in [3.63, 3.8) is 0 Å². The summed E-state index contributed by atoms with van der Waals surface area (Å²) in [7, 11) is 0. The molecule has 2 fully saturated rings. The predicted molar refractivity (Wildman–Crippen MR) is 103 cm³/mol. The number of anilines is 1. The van der Waals surface area contributed by atoms with Crippen LogP contribution in [0.25, 0.3) is 0 Å². The summed E-state index contributed by atoms with van der Waals surface area (Å²) in [4.78, 5) is 23.5. The summed E-state index contributed by atoms with van der Waals surface area (Å²) in [5.41, 5.74) is 1.37. The van der Waals surface area contributed by atoms with Gasteiger partial charge in [-0.1, -0.05) is 36.4 Å². The highest BCUT2D eigenvalue weighted by atomic mass is 16.2. The topological polar surface area (TPSA) is 39.7 Å². The number of benzene rings is 1. The fourth-order valence-electron chi connectivity index (χ4n) is 3.82. The second-order valence-electron chi connectivity index (χ2n) is 7.31. The molecular formula is C21H26N4O. The molecule has 4 rings (SSSR count). The zero-order valence-electron chi connectivity index (χ0n) is 15.1. The number of nitrogens with zero attached hydrogens (tertiary/aromatic N) is 4. The number of piperazine rings is 1. The van der Waals surface area contributed by atoms with Crippen LogP contribution >= 0.6 is 0 Å². The Kier molecular flexibility index (Phi) is 5.16. The van der Waals surface area contributed by atoms with Crippen LogP contribution in [0.4, 0.5) is 5.82 Å². The second kappa shape index (κ2) is 7.87. The van der Waals surface area contributed by atoms with Crippen LogP contribution < -0.4 is 4.90 Å². The number of hydrogen-bond acceptors (Lipinski definition) is 4. The maximum absolute atomic E-state index is 12.5. The molecule has 0 radical (unpaired) electrons. The molecule has 3 heterocycles. The van der Waals surface area contributed by atoms with Crippen molar-refractivity contribution in [2.45, 2.75) is 6.42 Å². The van der Waals surface area contributed by atoms with E-state index in [1.54, 1.807) is 0 Å². The summed E-state index contributed by atoms with van der Waals surface area (Å²) in [6, 6.07) is 16.6. The predicted octanol–water partition coefficient (Wildman–Crippen LogP) is 1.90. The van der Waals surface area contributed by atoms with Gasteiger partial charge in [-0.3, -0.25) is 9.69 Å². The molecule has 0 spiro atoms. The van der Waals surface area contributed by atoms with Gasteiger partial charge in [0.15, 0.2) is 0 Å². The Bertz CT molecular complexity index is 707. The molecule has 2 aromatic rings. The average Bonchev–Trinajstić information content (AvgIpc) is 2.66. The van der Waals surface area contributed by atoms with Gasteiger partial charge < -0.3 is 9.80 Å². The molecule has 2 saturated heterocycles. The van der Waals surface area contributed by atoms with Crippen LogP contribution in [0.1, 0.15) is 5.56 Å². The van der Waals surface area contributed by atoms with E-state index in [4.69, 9.17) is 0 Å². The molecule has 0 N–H and O–H groups in total. The molecule has 2 aliphatic rings. The molecule has 0 atom stereocenters. The minimum Gasteiger partial charge on any atom is -0.354 e. The van der Waals surface area contributed by atoms with Gasteiger partial charge in [-0.2, -0.15) is 0 Å². The lowest BCUT2D eigenvalue weighted by Crippen LogP contribution is -2.55. The molecule has 136 valence electrons. The van der Waals surface area contributed by atoms with E-state index in [1.807, 2.05) is 35.4 Å². The molecule has 26 heavy (non-hydrogen) atoms. The summed E-state index contributed by atoms with van der Waals surface area (Å²) in [5, 5.41) is 0. The SMILES string of the molecule is O=C(CN1CCN(c2ccccn2)CC1)N1CC(Cc2ccccc2)C1. The Morgan fingerprint density at radius 2 is 1.69 bits per heavy atom. The number of carbonyl (C=O) groups excluding carboxylic acids is 1. The first-order chi connectivity index (χ1) is 12.8. The summed E-state index contributed by atoms with van der Waals surface area (Å²) in [5.74, 6) is 1.92. The van der Waals surface area contributed by atoms with Crippen molar-refractivity contribution in [3.05, 3.63) is 60.3 Å². The van der Waals surface area contributed by atoms with Gasteiger partial charge in [0, 0.05) is 45.5 Å². The minimum atomic E-state index is 0.278. The van der Waals surface area contributed by atoms with Crippen molar-refractivity contribution < 1.29 is 4.79 Å². The summed E-state index contributed by atoms with van der Waals surface area (Å²) in [6.07, 6.45) is 2.91. The number of rotatable bonds is 5. The van der Waals surface area contributed by atoms with E-state index >= 15 is 0 Å². The van der Waals surface area contributed by atoms with Gasteiger partial charge in [-0.05, 0) is 30.0 Å². The van der Waals surface area contributed by atoms with Gasteiger partial charge in [0.25, 0.3) is 0 Å². The molecule has 0 aliphatic carbocycles. The van der Waals surface area contributed by atoms with Crippen LogP contribution in [0.5, 0.6) is 0 Å². The molecule has 0 saturated carbocycles. The Hall–Kier alpha value is -2.40. The van der Waals surface area contributed by atoms with Gasteiger partial charge >= 0.3 is 0 Å². The normalized spacial score (nSPS) is 18.6. The molecule has 1 aromatic carbocycles. The minimum absolute atomic E-state index is 0.278. The maximum Gasteiger partial charge on any atom is 0.236 e. The van der Waals surface area contributed by atoms with Crippen molar-refractivity contribution in [1.29, 1.82) is 0 Å². The smallest absolute Gasteiger partial charge is 0.236 e. The Balaban J connectivity index is 1.18. The van der Waals surface area contributed by atoms with Gasteiger partial charge in [0.05, 0.1) is 6.54 Å².